The molecule has 0 bridgehead atoms. The van der Waals surface area contributed by atoms with Crippen molar-refractivity contribution in [3.63, 3.8) is 0 Å². The van der Waals surface area contributed by atoms with E-state index in [0.717, 1.165) is 33.0 Å². The number of amides is 3. The van der Waals surface area contributed by atoms with Crippen molar-refractivity contribution < 1.29 is 24.2 Å². The van der Waals surface area contributed by atoms with Crippen molar-refractivity contribution in [2.45, 2.75) is 59.8 Å². The fourth-order valence-corrected chi connectivity index (χ4v) is 5.25. The molecule has 8 nitrogen and oxygen atoms in total. The summed E-state index contributed by atoms with van der Waals surface area (Å²) < 4.78 is 6.09. The lowest BCUT2D eigenvalue weighted by Crippen LogP contribution is -2.50. The molecule has 0 saturated carbocycles. The van der Waals surface area contributed by atoms with Crippen LogP contribution >= 0.6 is 0 Å². The van der Waals surface area contributed by atoms with Crippen molar-refractivity contribution >= 4 is 40.1 Å². The number of carboxylic acids is 1. The maximum atomic E-state index is 13.8. The highest BCUT2D eigenvalue weighted by Crippen LogP contribution is 2.27. The second-order valence-electron chi connectivity index (χ2n) is 11.4. The van der Waals surface area contributed by atoms with Crippen LogP contribution in [0.25, 0.3) is 10.8 Å². The lowest BCUT2D eigenvalue weighted by Gasteiger charge is -2.27. The summed E-state index contributed by atoms with van der Waals surface area (Å²) in [5.74, 6) is -1.71. The monoisotopic (exact) mass is 581 g/mol. The molecule has 0 unspecified atom stereocenters. The van der Waals surface area contributed by atoms with E-state index in [1.165, 1.54) is 0 Å². The minimum Gasteiger partial charge on any atom is -0.480 e. The Bertz CT molecular complexity index is 1590. The number of carboxylic acid groups (broad SMARTS) is 1. The van der Waals surface area contributed by atoms with Gasteiger partial charge in [-0.2, -0.15) is 0 Å². The summed E-state index contributed by atoms with van der Waals surface area (Å²) in [6.07, 6.45) is -0.362. The van der Waals surface area contributed by atoms with Crippen molar-refractivity contribution in [3.05, 3.63) is 107 Å². The average molecular weight is 582 g/mol. The molecule has 4 N–H and O–H groups in total. The first kappa shape index (κ1) is 31.3. The van der Waals surface area contributed by atoms with Gasteiger partial charge in [0.2, 0.25) is 0 Å². The molecule has 224 valence electrons. The topological polar surface area (TPSA) is 117 Å². The first-order chi connectivity index (χ1) is 20.5. The Balaban J connectivity index is 1.62. The SMILES string of the molecule is Cc1cc(C)c(NC(=O)Nc2cc3ccccc3cc2C(=O)N[C@H](C(=O)O)[C@@H](CC(C)C)OCc2ccccc2)c(C)c1. The molecule has 0 saturated heterocycles. The van der Waals surface area contributed by atoms with Gasteiger partial charge in [0.15, 0.2) is 6.04 Å². The van der Waals surface area contributed by atoms with Gasteiger partial charge in [0.05, 0.1) is 24.0 Å². The van der Waals surface area contributed by atoms with Crippen LogP contribution in [0.3, 0.4) is 0 Å². The van der Waals surface area contributed by atoms with Gasteiger partial charge in [-0.15, -0.1) is 0 Å². The van der Waals surface area contributed by atoms with Crippen molar-refractivity contribution in [1.82, 2.24) is 5.32 Å². The summed E-state index contributed by atoms with van der Waals surface area (Å²) in [6.45, 7) is 9.99. The standard InChI is InChI=1S/C35H39N3O5/c1-21(2)15-30(43-20-25-11-7-6-8-12-25)32(34(40)41)37-33(39)28-18-26-13-9-10-14-27(26)19-29(28)36-35(42)38-31-23(4)16-22(3)17-24(31)5/h6-14,16-19,21,30,32H,15,20H2,1-5H3,(H,37,39)(H,40,41)(H2,36,38,42)/t30-,32+/m1/s1. The molecule has 0 aliphatic carbocycles. The summed E-state index contributed by atoms with van der Waals surface area (Å²) in [5.41, 5.74) is 4.91. The molecule has 4 aromatic carbocycles. The van der Waals surface area contributed by atoms with Crippen LogP contribution in [0.5, 0.6) is 0 Å². The van der Waals surface area contributed by atoms with E-state index >= 15 is 0 Å². The lowest BCUT2D eigenvalue weighted by atomic mass is 9.98. The van der Waals surface area contributed by atoms with E-state index in [4.69, 9.17) is 4.74 Å². The summed E-state index contributed by atoms with van der Waals surface area (Å²) in [4.78, 5) is 39.5. The van der Waals surface area contributed by atoms with Crippen molar-refractivity contribution in [2.24, 2.45) is 5.92 Å². The number of anilines is 2. The van der Waals surface area contributed by atoms with Crippen molar-refractivity contribution in [2.75, 3.05) is 10.6 Å². The summed E-state index contributed by atoms with van der Waals surface area (Å²) in [6, 6.07) is 22.4. The number of aryl methyl sites for hydroxylation is 3. The molecular weight excluding hydrogens is 542 g/mol. The van der Waals surface area contributed by atoms with Crippen LogP contribution in [0, 0.1) is 26.7 Å². The molecular formula is C35H39N3O5. The predicted octanol–water partition coefficient (Wildman–Crippen LogP) is 7.22. The molecule has 0 aliphatic heterocycles. The number of nitrogens with one attached hydrogen (secondary N) is 3. The summed E-state index contributed by atoms with van der Waals surface area (Å²) >= 11 is 0. The van der Waals surface area contributed by atoms with E-state index in [0.29, 0.717) is 12.1 Å². The highest BCUT2D eigenvalue weighted by atomic mass is 16.5. The van der Waals surface area contributed by atoms with Gasteiger partial charge in [-0.25, -0.2) is 9.59 Å². The van der Waals surface area contributed by atoms with Crippen molar-refractivity contribution in [1.29, 1.82) is 0 Å². The maximum Gasteiger partial charge on any atom is 0.328 e. The zero-order chi connectivity index (χ0) is 31.1. The van der Waals surface area contributed by atoms with Crippen molar-refractivity contribution in [3.8, 4) is 0 Å². The zero-order valence-corrected chi connectivity index (χ0v) is 25.2. The number of benzene rings is 4. The number of carbonyl (C=O) groups excluding carboxylic acids is 2. The second-order valence-corrected chi connectivity index (χ2v) is 11.4. The average Bonchev–Trinajstić information content (AvgIpc) is 2.95. The van der Waals surface area contributed by atoms with Crippen LogP contribution in [0.4, 0.5) is 16.2 Å². The molecule has 3 amide bonds. The third-order valence-electron chi connectivity index (χ3n) is 7.23. The van der Waals surface area contributed by atoms with Gasteiger partial charge in [-0.1, -0.05) is 86.1 Å². The van der Waals surface area contributed by atoms with Gasteiger partial charge < -0.3 is 25.8 Å². The second kappa shape index (κ2) is 14.0. The molecule has 0 fully saturated rings. The van der Waals surface area contributed by atoms with E-state index in [1.807, 2.05) is 101 Å². The third-order valence-corrected chi connectivity index (χ3v) is 7.23. The molecule has 0 spiro atoms. The number of urea groups is 1. The Morgan fingerprint density at radius 3 is 2.02 bits per heavy atom. The first-order valence-electron chi connectivity index (χ1n) is 14.4. The Kier molecular flexibility index (Phi) is 10.2. The van der Waals surface area contributed by atoms with E-state index < -0.39 is 30.1 Å². The largest absolute Gasteiger partial charge is 0.480 e. The predicted molar refractivity (Wildman–Crippen MR) is 171 cm³/mol. The molecule has 0 radical (unpaired) electrons. The van der Waals surface area contributed by atoms with Crippen LogP contribution in [0.1, 0.15) is 52.9 Å². The fourth-order valence-electron chi connectivity index (χ4n) is 5.25. The van der Waals surface area contributed by atoms with E-state index in [1.54, 1.807) is 12.1 Å². The number of hydrogen-bond acceptors (Lipinski definition) is 4. The Labute approximate surface area is 252 Å². The maximum absolute atomic E-state index is 13.8. The molecule has 0 aromatic heterocycles. The first-order valence-corrected chi connectivity index (χ1v) is 14.4. The zero-order valence-electron chi connectivity index (χ0n) is 25.2. The Morgan fingerprint density at radius 1 is 0.814 bits per heavy atom. The van der Waals surface area contributed by atoms with Crippen LogP contribution in [0.2, 0.25) is 0 Å². The van der Waals surface area contributed by atoms with Gasteiger partial charge in [0, 0.05) is 5.69 Å². The van der Waals surface area contributed by atoms with Gasteiger partial charge >= 0.3 is 12.0 Å². The lowest BCUT2D eigenvalue weighted by molar-refractivity contribution is -0.144. The molecule has 0 heterocycles. The minimum absolute atomic E-state index is 0.120. The highest BCUT2D eigenvalue weighted by molar-refractivity contribution is 6.10. The van der Waals surface area contributed by atoms with E-state index in [9.17, 15) is 19.5 Å². The number of fused-ring (bicyclic) bond motifs is 1. The van der Waals surface area contributed by atoms with Gasteiger partial charge in [0.25, 0.3) is 5.91 Å². The fraction of sp³-hybridized carbons (Fsp3) is 0.286. The number of hydrogen-bond donors (Lipinski definition) is 4. The molecule has 4 aromatic rings. The smallest absolute Gasteiger partial charge is 0.328 e. The normalized spacial score (nSPS) is 12.5. The molecule has 4 rings (SSSR count). The Hall–Kier alpha value is -4.69. The van der Waals surface area contributed by atoms with Crippen LogP contribution in [-0.4, -0.2) is 35.2 Å². The van der Waals surface area contributed by atoms with Gasteiger partial charge in [0.1, 0.15) is 0 Å². The van der Waals surface area contributed by atoms with E-state index in [2.05, 4.69) is 16.0 Å². The number of aliphatic carboxylic acids is 1. The van der Waals surface area contributed by atoms with E-state index in [-0.39, 0.29) is 23.8 Å². The summed E-state index contributed by atoms with van der Waals surface area (Å²) in [7, 11) is 0. The molecule has 0 aliphatic rings. The van der Waals surface area contributed by atoms with Gasteiger partial charge in [-0.3, -0.25) is 4.79 Å². The minimum atomic E-state index is -1.32. The van der Waals surface area contributed by atoms with Crippen LogP contribution in [0.15, 0.2) is 78.9 Å². The molecule has 2 atom stereocenters. The molecule has 8 heteroatoms. The van der Waals surface area contributed by atoms with Gasteiger partial charge in [-0.05, 0) is 72.7 Å². The quantitative estimate of drug-likeness (QED) is 0.149. The van der Waals surface area contributed by atoms with Crippen LogP contribution < -0.4 is 16.0 Å². The number of carbonyl (C=O) groups is 3. The highest BCUT2D eigenvalue weighted by Gasteiger charge is 2.32. The molecule has 43 heavy (non-hydrogen) atoms. The van der Waals surface area contributed by atoms with Crippen LogP contribution in [-0.2, 0) is 16.1 Å². The Morgan fingerprint density at radius 2 is 1.42 bits per heavy atom. The summed E-state index contributed by atoms with van der Waals surface area (Å²) in [5, 5.41) is 20.2. The third kappa shape index (κ3) is 8.20. The number of ether oxygens (including phenoxy) is 1. The number of rotatable bonds is 11.